The SMILES string of the molecule is CC(C)=CCc1[nH]c2cc(O)ccc2c1C[C@@H]1NC(=O)[C@@H]2CCCN2C1=O. The van der Waals surface area contributed by atoms with Crippen LogP contribution in [-0.2, 0) is 22.4 Å². The summed E-state index contributed by atoms with van der Waals surface area (Å²) in [6, 6.07) is 4.39. The summed E-state index contributed by atoms with van der Waals surface area (Å²) < 4.78 is 0. The van der Waals surface area contributed by atoms with Gasteiger partial charge in [0.1, 0.15) is 17.8 Å². The molecule has 142 valence electrons. The number of nitrogens with zero attached hydrogens (tertiary/aromatic N) is 1. The maximum atomic E-state index is 12.9. The van der Waals surface area contributed by atoms with E-state index in [0.717, 1.165) is 35.0 Å². The molecule has 2 fully saturated rings. The summed E-state index contributed by atoms with van der Waals surface area (Å²) in [5, 5.41) is 13.7. The van der Waals surface area contributed by atoms with E-state index in [4.69, 9.17) is 0 Å². The second-order valence-electron chi connectivity index (χ2n) is 7.75. The number of aromatic hydroxyl groups is 1. The van der Waals surface area contributed by atoms with Crippen molar-refractivity contribution in [1.29, 1.82) is 0 Å². The highest BCUT2D eigenvalue weighted by Crippen LogP contribution is 2.30. The van der Waals surface area contributed by atoms with Crippen molar-refractivity contribution >= 4 is 22.7 Å². The average molecular weight is 367 g/mol. The minimum Gasteiger partial charge on any atom is -0.508 e. The highest BCUT2D eigenvalue weighted by Gasteiger charge is 2.43. The standard InChI is InChI=1S/C21H25N3O3/c1-12(2)5-8-16-15(14-7-6-13(25)10-17(14)22-16)11-18-21(27)24-9-3-4-19(24)20(26)23-18/h5-7,10,18-19,22,25H,3-4,8-9,11H2,1-2H3,(H,23,26)/t18-,19-/m0/s1. The number of hydrogen-bond acceptors (Lipinski definition) is 3. The van der Waals surface area contributed by atoms with Crippen LogP contribution < -0.4 is 5.32 Å². The molecule has 0 bridgehead atoms. The minimum atomic E-state index is -0.537. The number of phenolic OH excluding ortho intramolecular Hbond substituents is 1. The number of rotatable bonds is 4. The van der Waals surface area contributed by atoms with Gasteiger partial charge in [-0.1, -0.05) is 11.6 Å². The van der Waals surface area contributed by atoms with Crippen molar-refractivity contribution in [2.75, 3.05) is 6.54 Å². The molecule has 6 nitrogen and oxygen atoms in total. The maximum Gasteiger partial charge on any atom is 0.246 e. The smallest absolute Gasteiger partial charge is 0.246 e. The lowest BCUT2D eigenvalue weighted by Crippen LogP contribution is -2.61. The molecule has 2 saturated heterocycles. The lowest BCUT2D eigenvalue weighted by atomic mass is 9.97. The van der Waals surface area contributed by atoms with Crippen LogP contribution in [0.1, 0.15) is 37.9 Å². The Balaban J connectivity index is 1.69. The Hall–Kier alpha value is -2.76. The van der Waals surface area contributed by atoms with Gasteiger partial charge < -0.3 is 20.3 Å². The first kappa shape index (κ1) is 17.6. The number of fused-ring (bicyclic) bond motifs is 2. The molecule has 0 radical (unpaired) electrons. The van der Waals surface area contributed by atoms with Crippen molar-refractivity contribution in [2.45, 2.75) is 51.6 Å². The van der Waals surface area contributed by atoms with Crippen LogP contribution in [0.4, 0.5) is 0 Å². The maximum absolute atomic E-state index is 12.9. The number of aromatic nitrogens is 1. The second kappa shape index (κ2) is 6.76. The van der Waals surface area contributed by atoms with E-state index in [0.29, 0.717) is 19.4 Å². The first-order chi connectivity index (χ1) is 12.9. The Morgan fingerprint density at radius 2 is 2.15 bits per heavy atom. The molecule has 3 heterocycles. The normalized spacial score (nSPS) is 22.1. The number of aromatic amines is 1. The van der Waals surface area contributed by atoms with Crippen LogP contribution in [0.15, 0.2) is 29.8 Å². The van der Waals surface area contributed by atoms with Crippen LogP contribution in [0.5, 0.6) is 5.75 Å². The van der Waals surface area contributed by atoms with E-state index in [1.165, 1.54) is 5.57 Å². The molecule has 2 atom stereocenters. The van der Waals surface area contributed by atoms with Gasteiger partial charge in [-0.2, -0.15) is 0 Å². The predicted molar refractivity (Wildman–Crippen MR) is 103 cm³/mol. The number of carbonyl (C=O) groups excluding carboxylic acids is 2. The van der Waals surface area contributed by atoms with E-state index >= 15 is 0 Å². The third-order valence-electron chi connectivity index (χ3n) is 5.55. The van der Waals surface area contributed by atoms with Gasteiger partial charge in [-0.25, -0.2) is 0 Å². The van der Waals surface area contributed by atoms with Gasteiger partial charge in [-0.05, 0) is 44.4 Å². The van der Waals surface area contributed by atoms with E-state index in [9.17, 15) is 14.7 Å². The molecule has 0 saturated carbocycles. The van der Waals surface area contributed by atoms with Crippen LogP contribution in [-0.4, -0.2) is 45.4 Å². The molecule has 0 aliphatic carbocycles. The fourth-order valence-corrected chi connectivity index (χ4v) is 4.19. The third-order valence-corrected chi connectivity index (χ3v) is 5.55. The number of nitrogens with one attached hydrogen (secondary N) is 2. The highest BCUT2D eigenvalue weighted by atomic mass is 16.3. The topological polar surface area (TPSA) is 85.4 Å². The number of carbonyl (C=O) groups is 2. The molecule has 3 N–H and O–H groups in total. The first-order valence-electron chi connectivity index (χ1n) is 9.50. The van der Waals surface area contributed by atoms with E-state index in [1.54, 1.807) is 17.0 Å². The summed E-state index contributed by atoms with van der Waals surface area (Å²) in [5.41, 5.74) is 4.10. The van der Waals surface area contributed by atoms with Gasteiger partial charge in [0.15, 0.2) is 0 Å². The molecule has 2 amide bonds. The van der Waals surface area contributed by atoms with Crippen molar-refractivity contribution in [3.63, 3.8) is 0 Å². The van der Waals surface area contributed by atoms with Crippen LogP contribution in [0.25, 0.3) is 10.9 Å². The Kier molecular flexibility index (Phi) is 4.42. The van der Waals surface area contributed by atoms with Gasteiger partial charge in [-0.3, -0.25) is 9.59 Å². The molecule has 4 rings (SSSR count). The van der Waals surface area contributed by atoms with Gasteiger partial charge >= 0.3 is 0 Å². The number of amides is 2. The summed E-state index contributed by atoms with van der Waals surface area (Å²) in [4.78, 5) is 30.4. The number of H-pyrrole nitrogens is 1. The van der Waals surface area contributed by atoms with E-state index < -0.39 is 6.04 Å². The largest absolute Gasteiger partial charge is 0.508 e. The van der Waals surface area contributed by atoms with Gasteiger partial charge in [0, 0.05) is 42.0 Å². The molecule has 27 heavy (non-hydrogen) atoms. The first-order valence-corrected chi connectivity index (χ1v) is 9.50. The number of phenols is 1. The average Bonchev–Trinajstić information content (AvgIpc) is 3.23. The predicted octanol–water partition coefficient (Wildman–Crippen LogP) is 2.41. The molecular weight excluding hydrogens is 342 g/mol. The number of hydrogen-bond donors (Lipinski definition) is 3. The Bertz CT molecular complexity index is 940. The molecular formula is C21H25N3O3. The monoisotopic (exact) mass is 367 g/mol. The van der Waals surface area contributed by atoms with Crippen LogP contribution >= 0.6 is 0 Å². The van der Waals surface area contributed by atoms with E-state index in [-0.39, 0.29) is 23.6 Å². The van der Waals surface area contributed by atoms with Crippen molar-refractivity contribution in [3.8, 4) is 5.75 Å². The van der Waals surface area contributed by atoms with Crippen LogP contribution in [0.3, 0.4) is 0 Å². The molecule has 1 aromatic carbocycles. The summed E-state index contributed by atoms with van der Waals surface area (Å²) in [7, 11) is 0. The number of allylic oxidation sites excluding steroid dienone is 2. The van der Waals surface area contributed by atoms with E-state index in [1.807, 2.05) is 19.9 Å². The Labute approximate surface area is 158 Å². The number of benzene rings is 1. The van der Waals surface area contributed by atoms with Crippen molar-refractivity contribution in [3.05, 3.63) is 41.1 Å². The van der Waals surface area contributed by atoms with Gasteiger partial charge in [-0.15, -0.1) is 0 Å². The molecule has 2 aliphatic heterocycles. The van der Waals surface area contributed by atoms with Crippen molar-refractivity contribution in [1.82, 2.24) is 15.2 Å². The van der Waals surface area contributed by atoms with Crippen molar-refractivity contribution < 1.29 is 14.7 Å². The van der Waals surface area contributed by atoms with Gasteiger partial charge in [0.05, 0.1) is 0 Å². The van der Waals surface area contributed by atoms with Gasteiger partial charge in [0.25, 0.3) is 0 Å². The minimum absolute atomic E-state index is 0.0124. The molecule has 2 aromatic rings. The quantitative estimate of drug-likeness (QED) is 0.726. The van der Waals surface area contributed by atoms with Gasteiger partial charge in [0.2, 0.25) is 11.8 Å². The molecule has 1 aromatic heterocycles. The van der Waals surface area contributed by atoms with E-state index in [2.05, 4.69) is 16.4 Å². The zero-order valence-electron chi connectivity index (χ0n) is 15.7. The highest BCUT2D eigenvalue weighted by molar-refractivity contribution is 5.98. The fraction of sp³-hybridized carbons (Fsp3) is 0.429. The summed E-state index contributed by atoms with van der Waals surface area (Å²) in [6.07, 6.45) is 4.93. The summed E-state index contributed by atoms with van der Waals surface area (Å²) in [5.74, 6) is 0.171. The Morgan fingerprint density at radius 1 is 1.33 bits per heavy atom. The Morgan fingerprint density at radius 3 is 2.93 bits per heavy atom. The molecule has 2 aliphatic rings. The molecule has 0 spiro atoms. The zero-order valence-corrected chi connectivity index (χ0v) is 15.7. The third kappa shape index (κ3) is 3.20. The molecule has 6 heteroatoms. The summed E-state index contributed by atoms with van der Waals surface area (Å²) >= 11 is 0. The summed E-state index contributed by atoms with van der Waals surface area (Å²) in [6.45, 7) is 4.76. The second-order valence-corrected chi connectivity index (χ2v) is 7.75. The van der Waals surface area contributed by atoms with Crippen LogP contribution in [0.2, 0.25) is 0 Å². The lowest BCUT2D eigenvalue weighted by molar-refractivity contribution is -0.146. The van der Waals surface area contributed by atoms with Crippen LogP contribution in [0, 0.1) is 0 Å². The molecule has 0 unspecified atom stereocenters. The van der Waals surface area contributed by atoms with Crippen molar-refractivity contribution in [2.24, 2.45) is 0 Å². The lowest BCUT2D eigenvalue weighted by Gasteiger charge is -2.34. The zero-order chi connectivity index (χ0) is 19.1. The number of piperazine rings is 1. The fourth-order valence-electron chi connectivity index (χ4n) is 4.19.